The van der Waals surface area contributed by atoms with Gasteiger partial charge in [0.2, 0.25) is 0 Å². The highest BCUT2D eigenvalue weighted by Gasteiger charge is 2.25. The molecule has 0 radical (unpaired) electrons. The van der Waals surface area contributed by atoms with Gasteiger partial charge in [0.15, 0.2) is 0 Å². The Morgan fingerprint density at radius 1 is 1.45 bits per heavy atom. The molecule has 0 saturated heterocycles. The molecule has 1 rings (SSSR count). The van der Waals surface area contributed by atoms with Crippen molar-refractivity contribution in [2.75, 3.05) is 0 Å². The van der Waals surface area contributed by atoms with Crippen molar-refractivity contribution < 1.29 is 0 Å². The summed E-state index contributed by atoms with van der Waals surface area (Å²) in [6.45, 7) is 11.1. The normalized spacial score (nSPS) is 32.9. The Balaban J connectivity index is 2.50. The van der Waals surface area contributed by atoms with E-state index in [0.717, 1.165) is 17.8 Å². The summed E-state index contributed by atoms with van der Waals surface area (Å²) in [6, 6.07) is 0. The zero-order valence-electron chi connectivity index (χ0n) is 8.06. The molecule has 2 atom stereocenters. The predicted molar refractivity (Wildman–Crippen MR) is 50.5 cm³/mol. The number of hydrogen-bond acceptors (Lipinski definition) is 0. The van der Waals surface area contributed by atoms with E-state index in [1.54, 1.807) is 0 Å². The molecule has 11 heavy (non-hydrogen) atoms. The van der Waals surface area contributed by atoms with E-state index in [2.05, 4.69) is 27.4 Å². The van der Waals surface area contributed by atoms with Gasteiger partial charge in [-0.05, 0) is 37.0 Å². The highest BCUT2D eigenvalue weighted by atomic mass is 14.3. The van der Waals surface area contributed by atoms with Gasteiger partial charge < -0.3 is 0 Å². The van der Waals surface area contributed by atoms with Crippen LogP contribution in [0.15, 0.2) is 12.2 Å². The molecule has 0 aromatic carbocycles. The van der Waals surface area contributed by atoms with Gasteiger partial charge in [0.1, 0.15) is 0 Å². The Morgan fingerprint density at radius 2 is 2.09 bits per heavy atom. The van der Waals surface area contributed by atoms with E-state index >= 15 is 0 Å². The third-order valence-corrected chi connectivity index (χ3v) is 3.03. The van der Waals surface area contributed by atoms with Crippen LogP contribution in [0.4, 0.5) is 0 Å². The van der Waals surface area contributed by atoms with Crippen molar-refractivity contribution in [3.8, 4) is 0 Å². The van der Waals surface area contributed by atoms with Crippen molar-refractivity contribution in [3.63, 3.8) is 0 Å². The lowest BCUT2D eigenvalue weighted by Crippen LogP contribution is -2.22. The molecule has 1 aliphatic rings. The molecule has 0 aromatic heterocycles. The van der Waals surface area contributed by atoms with Crippen molar-refractivity contribution in [2.45, 2.75) is 40.0 Å². The largest absolute Gasteiger partial charge is 0.0999 e. The number of hydrogen-bond donors (Lipinski definition) is 0. The Kier molecular flexibility index (Phi) is 2.75. The summed E-state index contributed by atoms with van der Waals surface area (Å²) in [7, 11) is 0. The van der Waals surface area contributed by atoms with Crippen LogP contribution in [-0.4, -0.2) is 0 Å². The topological polar surface area (TPSA) is 0 Å². The molecule has 64 valence electrons. The summed E-state index contributed by atoms with van der Waals surface area (Å²) in [5.74, 6) is 2.68. The Morgan fingerprint density at radius 3 is 2.55 bits per heavy atom. The van der Waals surface area contributed by atoms with Crippen LogP contribution in [0.5, 0.6) is 0 Å². The zero-order valence-corrected chi connectivity index (χ0v) is 8.06. The zero-order chi connectivity index (χ0) is 8.43. The molecular weight excluding hydrogens is 132 g/mol. The fraction of sp³-hybridized carbons (Fsp3) is 0.818. The maximum atomic E-state index is 4.06. The second kappa shape index (κ2) is 3.42. The van der Waals surface area contributed by atoms with Crippen molar-refractivity contribution in [3.05, 3.63) is 12.2 Å². The van der Waals surface area contributed by atoms with Gasteiger partial charge in [-0.15, -0.1) is 0 Å². The van der Waals surface area contributed by atoms with Crippen LogP contribution in [0.1, 0.15) is 40.0 Å². The Hall–Kier alpha value is -0.260. The van der Waals surface area contributed by atoms with Crippen LogP contribution in [0.2, 0.25) is 0 Å². The van der Waals surface area contributed by atoms with E-state index in [1.807, 2.05) is 0 Å². The minimum absolute atomic E-state index is 0.859. The molecule has 1 saturated carbocycles. The third kappa shape index (κ3) is 2.08. The van der Waals surface area contributed by atoms with Gasteiger partial charge >= 0.3 is 0 Å². The first-order chi connectivity index (χ1) is 5.11. The van der Waals surface area contributed by atoms with E-state index in [-0.39, 0.29) is 0 Å². The van der Waals surface area contributed by atoms with Crippen molar-refractivity contribution in [2.24, 2.45) is 17.8 Å². The van der Waals surface area contributed by atoms with Crippen LogP contribution >= 0.6 is 0 Å². The molecular formula is C11H20. The van der Waals surface area contributed by atoms with Crippen molar-refractivity contribution >= 4 is 0 Å². The summed E-state index contributed by atoms with van der Waals surface area (Å²) in [6.07, 6.45) is 3.91. The summed E-state index contributed by atoms with van der Waals surface area (Å²) >= 11 is 0. The van der Waals surface area contributed by atoms with Gasteiger partial charge in [-0.25, -0.2) is 0 Å². The summed E-state index contributed by atoms with van der Waals surface area (Å²) in [4.78, 5) is 0. The van der Waals surface area contributed by atoms with Gasteiger partial charge in [-0.2, -0.15) is 0 Å². The molecule has 0 bridgehead atoms. The standard InChI is InChI=1S/C11H20/c1-8(2)11-6-5-9(3)7-10(11)4/h8,10-11H,3,5-7H2,1-2,4H3/t10-,11+/m1/s1. The first-order valence-electron chi connectivity index (χ1n) is 4.78. The maximum absolute atomic E-state index is 4.06. The molecule has 0 spiro atoms. The van der Waals surface area contributed by atoms with Gasteiger partial charge in [0, 0.05) is 0 Å². The van der Waals surface area contributed by atoms with Gasteiger partial charge in [0.25, 0.3) is 0 Å². The van der Waals surface area contributed by atoms with E-state index in [0.29, 0.717) is 0 Å². The van der Waals surface area contributed by atoms with Crippen molar-refractivity contribution in [1.82, 2.24) is 0 Å². The highest BCUT2D eigenvalue weighted by molar-refractivity contribution is 5.00. The molecule has 1 fully saturated rings. The maximum Gasteiger partial charge on any atom is -0.0294 e. The smallest absolute Gasteiger partial charge is 0.0294 e. The monoisotopic (exact) mass is 152 g/mol. The third-order valence-electron chi connectivity index (χ3n) is 3.03. The lowest BCUT2D eigenvalue weighted by atomic mass is 9.73. The van der Waals surface area contributed by atoms with Crippen LogP contribution in [0.3, 0.4) is 0 Å². The van der Waals surface area contributed by atoms with Crippen LogP contribution < -0.4 is 0 Å². The first-order valence-corrected chi connectivity index (χ1v) is 4.78. The van der Waals surface area contributed by atoms with Crippen LogP contribution in [-0.2, 0) is 0 Å². The fourth-order valence-corrected chi connectivity index (χ4v) is 2.35. The second-order valence-electron chi connectivity index (χ2n) is 4.38. The second-order valence-corrected chi connectivity index (χ2v) is 4.38. The summed E-state index contributed by atoms with van der Waals surface area (Å²) in [5, 5.41) is 0. The van der Waals surface area contributed by atoms with Crippen LogP contribution in [0.25, 0.3) is 0 Å². The molecule has 0 nitrogen and oxygen atoms in total. The van der Waals surface area contributed by atoms with Crippen LogP contribution in [0, 0.1) is 17.8 Å². The Bertz CT molecular complexity index is 144. The summed E-state index contributed by atoms with van der Waals surface area (Å²) < 4.78 is 0. The van der Waals surface area contributed by atoms with Gasteiger partial charge in [0.05, 0.1) is 0 Å². The Labute approximate surface area is 70.7 Å². The van der Waals surface area contributed by atoms with E-state index < -0.39 is 0 Å². The molecule has 0 heterocycles. The average molecular weight is 152 g/mol. The molecule has 1 aliphatic carbocycles. The van der Waals surface area contributed by atoms with Crippen molar-refractivity contribution in [1.29, 1.82) is 0 Å². The molecule has 0 amide bonds. The quantitative estimate of drug-likeness (QED) is 0.503. The fourth-order valence-electron chi connectivity index (χ4n) is 2.35. The number of rotatable bonds is 1. The van der Waals surface area contributed by atoms with E-state index in [9.17, 15) is 0 Å². The first kappa shape index (κ1) is 8.83. The summed E-state index contributed by atoms with van der Waals surface area (Å²) in [5.41, 5.74) is 1.47. The number of allylic oxidation sites excluding steroid dienone is 1. The SMILES string of the molecule is C=C1CC[C@@H](C(C)C)[C@H](C)C1. The van der Waals surface area contributed by atoms with Gasteiger partial charge in [-0.1, -0.05) is 32.9 Å². The predicted octanol–water partition coefficient (Wildman–Crippen LogP) is 3.63. The molecule has 0 N–H and O–H groups in total. The highest BCUT2D eigenvalue weighted by Crippen LogP contribution is 2.36. The minimum atomic E-state index is 0.859. The molecule has 0 unspecified atom stereocenters. The molecule has 0 heteroatoms. The lowest BCUT2D eigenvalue weighted by molar-refractivity contribution is 0.226. The van der Waals surface area contributed by atoms with Gasteiger partial charge in [-0.3, -0.25) is 0 Å². The molecule has 0 aliphatic heterocycles. The lowest BCUT2D eigenvalue weighted by Gasteiger charge is -2.32. The molecule has 0 aromatic rings. The van der Waals surface area contributed by atoms with E-state index in [1.165, 1.54) is 24.8 Å². The minimum Gasteiger partial charge on any atom is -0.0999 e. The average Bonchev–Trinajstić information content (AvgIpc) is 1.85. The van der Waals surface area contributed by atoms with E-state index in [4.69, 9.17) is 0 Å².